The molecule has 0 bridgehead atoms. The average molecular weight is 496 g/mol. The van der Waals surface area contributed by atoms with Crippen molar-refractivity contribution in [1.29, 1.82) is 0 Å². The maximum atomic E-state index is 11.2. The monoisotopic (exact) mass is 494 g/mol. The molecule has 2 aromatic carbocycles. The molecule has 33 heavy (non-hydrogen) atoms. The van der Waals surface area contributed by atoms with Crippen LogP contribution in [0.1, 0.15) is 50.2 Å². The molecular weight excluding hydrogens is 455 g/mol. The summed E-state index contributed by atoms with van der Waals surface area (Å²) in [6.07, 6.45) is 7.12. The van der Waals surface area contributed by atoms with Crippen LogP contribution in [0.2, 0.25) is 0 Å². The van der Waals surface area contributed by atoms with Crippen LogP contribution >= 0.6 is 24.8 Å². The minimum absolute atomic E-state index is 0. The van der Waals surface area contributed by atoms with Gasteiger partial charge in [-0.3, -0.25) is 4.90 Å². The smallest absolute Gasteiger partial charge is 0.119 e. The number of halogens is 2. The van der Waals surface area contributed by atoms with Crippen LogP contribution in [0.25, 0.3) is 0 Å². The third kappa shape index (κ3) is 7.26. The van der Waals surface area contributed by atoms with E-state index in [0.717, 1.165) is 76.9 Å². The average Bonchev–Trinajstić information content (AvgIpc) is 3.23. The molecule has 0 saturated carbocycles. The van der Waals surface area contributed by atoms with Gasteiger partial charge in [0, 0.05) is 38.4 Å². The summed E-state index contributed by atoms with van der Waals surface area (Å²) in [5.41, 5.74) is 3.65. The summed E-state index contributed by atoms with van der Waals surface area (Å²) >= 11 is 0. The van der Waals surface area contributed by atoms with Crippen molar-refractivity contribution in [3.8, 4) is 5.75 Å². The van der Waals surface area contributed by atoms with Crippen molar-refractivity contribution in [3.05, 3.63) is 59.7 Å². The largest absolute Gasteiger partial charge is 0.494 e. The number of anilines is 1. The van der Waals surface area contributed by atoms with Crippen LogP contribution in [0, 0.1) is 0 Å². The molecule has 1 aliphatic heterocycles. The van der Waals surface area contributed by atoms with E-state index in [4.69, 9.17) is 4.74 Å². The molecule has 4 rings (SSSR count). The van der Waals surface area contributed by atoms with Crippen molar-refractivity contribution in [1.82, 2.24) is 4.90 Å². The molecule has 0 radical (unpaired) electrons. The molecule has 1 fully saturated rings. The first-order valence-corrected chi connectivity index (χ1v) is 12.0. The van der Waals surface area contributed by atoms with Gasteiger partial charge in [0.25, 0.3) is 0 Å². The fourth-order valence-corrected chi connectivity index (χ4v) is 4.99. The zero-order valence-electron chi connectivity index (χ0n) is 20.0. The van der Waals surface area contributed by atoms with Crippen LogP contribution in [0.5, 0.6) is 5.75 Å². The Labute approximate surface area is 212 Å². The van der Waals surface area contributed by atoms with Crippen molar-refractivity contribution in [3.63, 3.8) is 0 Å². The Morgan fingerprint density at radius 3 is 2.18 bits per heavy atom. The van der Waals surface area contributed by atoms with Crippen molar-refractivity contribution in [2.75, 3.05) is 38.2 Å². The van der Waals surface area contributed by atoms with Gasteiger partial charge in [0.2, 0.25) is 0 Å². The lowest BCUT2D eigenvalue weighted by molar-refractivity contribution is -0.0342. The number of hydrogen-bond donors (Lipinski definition) is 1. The maximum absolute atomic E-state index is 11.2. The number of rotatable bonds is 9. The van der Waals surface area contributed by atoms with Gasteiger partial charge in [-0.05, 0) is 73.9 Å². The highest BCUT2D eigenvalue weighted by Gasteiger charge is 2.36. The van der Waals surface area contributed by atoms with Gasteiger partial charge in [-0.25, -0.2) is 0 Å². The summed E-state index contributed by atoms with van der Waals surface area (Å²) in [7, 11) is 2.11. The summed E-state index contributed by atoms with van der Waals surface area (Å²) in [6.45, 7) is 5.82. The van der Waals surface area contributed by atoms with Gasteiger partial charge < -0.3 is 14.7 Å². The Morgan fingerprint density at radius 2 is 1.61 bits per heavy atom. The standard InChI is InChI=1S/C27H38N2O2.2ClH/c1-3-4-19-31-26-11-9-24(10-12-26)28(2)16-13-27(30)14-17-29(18-15-27)25-20-22-7-5-6-8-23(22)21-25;;/h5-12,25,30H,3-4,13-21H2,1-2H3;2*1H. The number of unbranched alkanes of at least 4 members (excludes halogenated alkanes) is 1. The molecule has 1 saturated heterocycles. The predicted octanol–water partition coefficient (Wildman–Crippen LogP) is 5.53. The number of piperidine rings is 1. The molecule has 1 heterocycles. The quantitative estimate of drug-likeness (QED) is 0.464. The van der Waals surface area contributed by atoms with Gasteiger partial charge in [-0.2, -0.15) is 0 Å². The van der Waals surface area contributed by atoms with Crippen molar-refractivity contribution < 1.29 is 9.84 Å². The van der Waals surface area contributed by atoms with Gasteiger partial charge in [0.1, 0.15) is 5.75 Å². The van der Waals surface area contributed by atoms with E-state index in [1.807, 2.05) is 12.1 Å². The van der Waals surface area contributed by atoms with Crippen LogP contribution in [-0.2, 0) is 12.8 Å². The number of ether oxygens (including phenoxy) is 1. The van der Waals surface area contributed by atoms with Crippen LogP contribution < -0.4 is 9.64 Å². The van der Waals surface area contributed by atoms with E-state index in [0.29, 0.717) is 6.04 Å². The van der Waals surface area contributed by atoms with E-state index in [-0.39, 0.29) is 24.8 Å². The Hall–Kier alpha value is -1.46. The van der Waals surface area contributed by atoms with Crippen LogP contribution in [0.15, 0.2) is 48.5 Å². The summed E-state index contributed by atoms with van der Waals surface area (Å²) in [5, 5.41) is 11.2. The molecule has 4 nitrogen and oxygen atoms in total. The van der Waals surface area contributed by atoms with E-state index < -0.39 is 5.60 Å². The number of benzene rings is 2. The molecule has 0 aromatic heterocycles. The van der Waals surface area contributed by atoms with Gasteiger partial charge in [0.05, 0.1) is 12.2 Å². The van der Waals surface area contributed by atoms with Crippen LogP contribution in [0.4, 0.5) is 5.69 Å². The third-order valence-corrected chi connectivity index (χ3v) is 7.23. The molecule has 0 atom stereocenters. The molecule has 6 heteroatoms. The number of nitrogens with zero attached hydrogens (tertiary/aromatic N) is 2. The minimum Gasteiger partial charge on any atom is -0.494 e. The number of hydrogen-bond acceptors (Lipinski definition) is 4. The van der Waals surface area contributed by atoms with E-state index in [9.17, 15) is 5.11 Å². The van der Waals surface area contributed by atoms with Crippen molar-refractivity contribution in [2.24, 2.45) is 0 Å². The van der Waals surface area contributed by atoms with Crippen molar-refractivity contribution >= 4 is 30.5 Å². The highest BCUT2D eigenvalue weighted by molar-refractivity contribution is 5.85. The normalized spacial score (nSPS) is 17.5. The Morgan fingerprint density at radius 1 is 1.00 bits per heavy atom. The van der Waals surface area contributed by atoms with E-state index >= 15 is 0 Å². The Balaban J connectivity index is 0.00000193. The van der Waals surface area contributed by atoms with Crippen molar-refractivity contribution in [2.45, 2.75) is 63.5 Å². The molecule has 184 valence electrons. The summed E-state index contributed by atoms with van der Waals surface area (Å²) in [5.74, 6) is 0.936. The highest BCUT2D eigenvalue weighted by atomic mass is 35.5. The fraction of sp³-hybridized carbons (Fsp3) is 0.556. The van der Waals surface area contributed by atoms with E-state index in [1.165, 1.54) is 16.8 Å². The van der Waals surface area contributed by atoms with E-state index in [2.05, 4.69) is 60.2 Å². The minimum atomic E-state index is -0.542. The lowest BCUT2D eigenvalue weighted by Crippen LogP contribution is -2.49. The second-order valence-electron chi connectivity index (χ2n) is 9.46. The third-order valence-electron chi connectivity index (χ3n) is 7.23. The molecular formula is C27H40Cl2N2O2. The topological polar surface area (TPSA) is 35.9 Å². The second kappa shape index (κ2) is 12.9. The molecule has 2 aromatic rings. The maximum Gasteiger partial charge on any atom is 0.119 e. The Kier molecular flexibility index (Phi) is 10.8. The van der Waals surface area contributed by atoms with Crippen LogP contribution in [-0.4, -0.2) is 54.9 Å². The molecule has 0 amide bonds. The SMILES string of the molecule is CCCCOc1ccc(N(C)CCC2(O)CCN(C3Cc4ccccc4C3)CC2)cc1.Cl.Cl. The first-order valence-electron chi connectivity index (χ1n) is 12.0. The molecule has 2 aliphatic rings. The molecule has 1 aliphatic carbocycles. The van der Waals surface area contributed by atoms with Gasteiger partial charge in [-0.1, -0.05) is 37.6 Å². The lowest BCUT2D eigenvalue weighted by atomic mass is 9.87. The summed E-state index contributed by atoms with van der Waals surface area (Å²) in [4.78, 5) is 4.85. The van der Waals surface area contributed by atoms with E-state index in [1.54, 1.807) is 0 Å². The zero-order valence-corrected chi connectivity index (χ0v) is 21.7. The molecule has 1 N–H and O–H groups in total. The molecule has 0 spiro atoms. The number of fused-ring (bicyclic) bond motifs is 1. The second-order valence-corrected chi connectivity index (χ2v) is 9.46. The van der Waals surface area contributed by atoms with Crippen LogP contribution in [0.3, 0.4) is 0 Å². The predicted molar refractivity (Wildman–Crippen MR) is 143 cm³/mol. The van der Waals surface area contributed by atoms with Gasteiger partial charge in [0.15, 0.2) is 0 Å². The zero-order chi connectivity index (χ0) is 21.7. The number of aliphatic hydroxyl groups is 1. The fourth-order valence-electron chi connectivity index (χ4n) is 4.99. The van der Waals surface area contributed by atoms with Gasteiger partial charge >= 0.3 is 0 Å². The van der Waals surface area contributed by atoms with Gasteiger partial charge in [-0.15, -0.1) is 24.8 Å². The number of likely N-dealkylation sites (tertiary alicyclic amines) is 1. The first kappa shape index (κ1) is 27.8. The molecule has 0 unspecified atom stereocenters. The highest BCUT2D eigenvalue weighted by Crippen LogP contribution is 2.32. The summed E-state index contributed by atoms with van der Waals surface area (Å²) < 4.78 is 5.76. The first-order chi connectivity index (χ1) is 15.1. The lowest BCUT2D eigenvalue weighted by Gasteiger charge is -2.41. The summed E-state index contributed by atoms with van der Waals surface area (Å²) in [6, 6.07) is 17.8. The Bertz CT molecular complexity index is 813.